The van der Waals surface area contributed by atoms with Crippen molar-refractivity contribution in [1.29, 1.82) is 0 Å². The lowest BCUT2D eigenvalue weighted by Gasteiger charge is -2.11. The molecular weight excluding hydrogens is 431 g/mol. The van der Waals surface area contributed by atoms with Crippen LogP contribution in [0.3, 0.4) is 0 Å². The summed E-state index contributed by atoms with van der Waals surface area (Å²) in [7, 11) is 0.226. The van der Waals surface area contributed by atoms with Crippen molar-refractivity contribution in [1.82, 2.24) is 4.98 Å². The number of rotatable bonds is 3. The molecule has 0 N–H and O–H groups in total. The summed E-state index contributed by atoms with van der Waals surface area (Å²) in [4.78, 5) is 11.4. The predicted octanol–water partition coefficient (Wildman–Crippen LogP) is 2.42. The summed E-state index contributed by atoms with van der Waals surface area (Å²) in [6.45, 7) is 0. The van der Waals surface area contributed by atoms with E-state index in [0.29, 0.717) is 0 Å². The highest BCUT2D eigenvalue weighted by Gasteiger charge is 2.37. The van der Waals surface area contributed by atoms with Gasteiger partial charge in [0.1, 0.15) is 4.90 Å². The molecule has 0 aliphatic heterocycles. The fourth-order valence-electron chi connectivity index (χ4n) is 0.951. The summed E-state index contributed by atoms with van der Waals surface area (Å²) in [5, 5.41) is 10.5. The predicted molar refractivity (Wildman–Crippen MR) is 63.3 cm³/mol. The van der Waals surface area contributed by atoms with Crippen LogP contribution < -0.4 is 4.74 Å². The van der Waals surface area contributed by atoms with E-state index in [-0.39, 0.29) is 6.07 Å². The van der Waals surface area contributed by atoms with Gasteiger partial charge in [0.2, 0.25) is 5.75 Å². The Morgan fingerprint density at radius 1 is 1.47 bits per heavy atom. The van der Waals surface area contributed by atoms with E-state index in [1.54, 1.807) is 0 Å². The maximum absolute atomic E-state index is 12.1. The van der Waals surface area contributed by atoms with Crippen LogP contribution in [0.2, 0.25) is 0 Å². The number of pyridine rings is 1. The van der Waals surface area contributed by atoms with Crippen LogP contribution in [0.15, 0.2) is 11.0 Å². The molecule has 1 aromatic rings. The first-order valence-electron chi connectivity index (χ1n) is 3.97. The van der Waals surface area contributed by atoms with E-state index in [9.17, 15) is 31.7 Å². The Bertz CT molecular complexity index is 634. The monoisotopic (exact) mass is 432 g/mol. The zero-order valence-electron chi connectivity index (χ0n) is 8.31. The fraction of sp³-hybridized carbons (Fsp3) is 0.167. The van der Waals surface area contributed by atoms with E-state index >= 15 is 0 Å². The van der Waals surface area contributed by atoms with Crippen LogP contribution in [-0.2, 0) is 9.05 Å². The van der Waals surface area contributed by atoms with Crippen LogP contribution in [0.1, 0.15) is 0 Å². The molecule has 0 amide bonds. The van der Waals surface area contributed by atoms with Gasteiger partial charge >= 0.3 is 12.2 Å². The fourth-order valence-corrected chi connectivity index (χ4v) is 2.73. The van der Waals surface area contributed by atoms with Gasteiger partial charge in [-0.3, -0.25) is 0 Å². The van der Waals surface area contributed by atoms with Gasteiger partial charge in [-0.2, -0.15) is 0 Å². The van der Waals surface area contributed by atoms with E-state index in [4.69, 9.17) is 10.7 Å². The summed E-state index contributed by atoms with van der Waals surface area (Å²) < 4.78 is 61.4. The van der Waals surface area contributed by atoms with Crippen molar-refractivity contribution in [3.63, 3.8) is 0 Å². The summed E-state index contributed by atoms with van der Waals surface area (Å²) >= 11 is 1.16. The molecule has 19 heavy (non-hydrogen) atoms. The average molecular weight is 433 g/mol. The molecule has 0 aromatic carbocycles. The first-order chi connectivity index (χ1) is 8.42. The number of alkyl halides is 3. The van der Waals surface area contributed by atoms with E-state index < -0.39 is 40.5 Å². The van der Waals surface area contributed by atoms with Crippen molar-refractivity contribution in [2.45, 2.75) is 11.3 Å². The molecule has 0 saturated heterocycles. The van der Waals surface area contributed by atoms with Gasteiger partial charge < -0.3 is 14.9 Å². The number of hydrogen-bond acceptors (Lipinski definition) is 6. The minimum Gasteiger partial charge on any atom is -0.399 e. The topological polar surface area (TPSA) is 99.4 Å². The molecule has 0 fully saturated rings. The van der Waals surface area contributed by atoms with Crippen LogP contribution in [0.5, 0.6) is 5.75 Å². The Morgan fingerprint density at radius 2 is 2.00 bits per heavy atom. The lowest BCUT2D eigenvalue weighted by Crippen LogP contribution is -2.20. The molecule has 0 saturated carbocycles. The maximum atomic E-state index is 12.1. The Hall–Kier alpha value is -0.890. The largest absolute Gasteiger partial charge is 0.573 e. The molecule has 0 bridgehead atoms. The summed E-state index contributed by atoms with van der Waals surface area (Å²) in [5.74, 6) is -2.19. The summed E-state index contributed by atoms with van der Waals surface area (Å²) in [5.41, 5.74) is 0. The van der Waals surface area contributed by atoms with E-state index in [2.05, 4.69) is 9.72 Å². The molecule has 7 nitrogen and oxygen atoms in total. The number of halogens is 5. The van der Waals surface area contributed by atoms with Crippen molar-refractivity contribution < 1.29 is 31.2 Å². The third-order valence-corrected chi connectivity index (χ3v) is 3.61. The van der Waals surface area contributed by atoms with Crippen LogP contribution >= 0.6 is 33.3 Å². The van der Waals surface area contributed by atoms with E-state index in [0.717, 1.165) is 22.6 Å². The Labute approximate surface area is 121 Å². The smallest absolute Gasteiger partial charge is 0.399 e. The second-order valence-corrected chi connectivity index (χ2v) is 6.40. The highest BCUT2D eigenvalue weighted by molar-refractivity contribution is 14.1. The Kier molecular flexibility index (Phi) is 4.46. The second-order valence-electron chi connectivity index (χ2n) is 2.84. The lowest BCUT2D eigenvalue weighted by atomic mass is 10.4. The number of nitrogens with zero attached hydrogens (tertiary/aromatic N) is 2. The molecule has 0 aliphatic rings. The van der Waals surface area contributed by atoms with Gasteiger partial charge in [0.25, 0.3) is 12.8 Å². The molecule has 0 aliphatic carbocycles. The molecule has 1 heterocycles. The van der Waals surface area contributed by atoms with Crippen molar-refractivity contribution >= 4 is 48.1 Å². The number of hydrogen-bond donors (Lipinski definition) is 0. The molecular formula is C6HClF3IN2O5S. The lowest BCUT2D eigenvalue weighted by molar-refractivity contribution is -0.390. The molecule has 0 spiro atoms. The molecule has 0 atom stereocenters. The molecule has 0 radical (unpaired) electrons. The van der Waals surface area contributed by atoms with Crippen molar-refractivity contribution in [2.24, 2.45) is 0 Å². The first kappa shape index (κ1) is 16.2. The van der Waals surface area contributed by atoms with Gasteiger partial charge in [0.15, 0.2) is 0 Å². The molecule has 106 valence electrons. The molecule has 0 unspecified atom stereocenters. The highest BCUT2D eigenvalue weighted by Crippen LogP contribution is 2.36. The molecule has 1 rings (SSSR count). The average Bonchev–Trinajstić information content (AvgIpc) is 2.16. The van der Waals surface area contributed by atoms with Gasteiger partial charge in [-0.05, 0) is 9.91 Å². The maximum Gasteiger partial charge on any atom is 0.573 e. The van der Waals surface area contributed by atoms with Crippen LogP contribution in [0.4, 0.5) is 19.0 Å². The second kappa shape index (κ2) is 5.24. The normalized spacial score (nSPS) is 12.3. The first-order valence-corrected chi connectivity index (χ1v) is 7.36. The van der Waals surface area contributed by atoms with E-state index in [1.807, 2.05) is 0 Å². The highest BCUT2D eigenvalue weighted by atomic mass is 127. The van der Waals surface area contributed by atoms with Gasteiger partial charge in [-0.15, -0.1) is 13.2 Å². The minimum absolute atomic E-state index is 0.283. The summed E-state index contributed by atoms with van der Waals surface area (Å²) in [6.07, 6.45) is -5.20. The van der Waals surface area contributed by atoms with Gasteiger partial charge in [-0.25, -0.2) is 8.42 Å². The zero-order chi connectivity index (χ0) is 15.0. The number of aromatic nitrogens is 1. The zero-order valence-corrected chi connectivity index (χ0v) is 12.0. The molecule has 1 aromatic heterocycles. The number of ether oxygens (including phenoxy) is 1. The van der Waals surface area contributed by atoms with Gasteiger partial charge in [0.05, 0.1) is 6.07 Å². The summed E-state index contributed by atoms with van der Waals surface area (Å²) in [6, 6.07) is 0.283. The third-order valence-electron chi connectivity index (χ3n) is 1.55. The van der Waals surface area contributed by atoms with Crippen molar-refractivity contribution in [3.8, 4) is 5.75 Å². The number of nitro groups is 1. The van der Waals surface area contributed by atoms with Gasteiger partial charge in [0, 0.05) is 33.3 Å². The quantitative estimate of drug-likeness (QED) is 0.239. The van der Waals surface area contributed by atoms with Crippen LogP contribution in [0, 0.1) is 13.8 Å². The minimum atomic E-state index is -5.20. The van der Waals surface area contributed by atoms with Crippen LogP contribution in [-0.4, -0.2) is 24.7 Å². The van der Waals surface area contributed by atoms with Crippen molar-refractivity contribution in [2.75, 3.05) is 0 Å². The standard InChI is InChI=1S/C6HClF3IN2O5S/c7-19(16,17)2-1-3(13(14)15)12-5(11)4(2)18-6(8,9)10/h1H. The Balaban J connectivity index is 3.58. The molecule has 13 heteroatoms. The van der Waals surface area contributed by atoms with Crippen molar-refractivity contribution in [3.05, 3.63) is 19.9 Å². The van der Waals surface area contributed by atoms with Gasteiger partial charge in [-0.1, -0.05) is 0 Å². The van der Waals surface area contributed by atoms with Crippen LogP contribution in [0.25, 0.3) is 0 Å². The SMILES string of the molecule is O=[N+]([O-])c1cc(S(=O)(=O)Cl)c(OC(F)(F)F)c(I)n1. The third kappa shape index (κ3) is 4.31. The Morgan fingerprint density at radius 3 is 2.37 bits per heavy atom. The van der Waals surface area contributed by atoms with E-state index in [1.165, 1.54) is 0 Å².